The molecule has 1 fully saturated rings. The van der Waals surface area contributed by atoms with Gasteiger partial charge in [-0.3, -0.25) is 0 Å². The Morgan fingerprint density at radius 2 is 2.00 bits per heavy atom. The van der Waals surface area contributed by atoms with Gasteiger partial charge in [-0.25, -0.2) is 8.78 Å². The van der Waals surface area contributed by atoms with Crippen molar-refractivity contribution in [3.05, 3.63) is 35.4 Å². The molecule has 0 saturated carbocycles. The highest BCUT2D eigenvalue weighted by atomic mass is 19.1. The van der Waals surface area contributed by atoms with E-state index in [0.29, 0.717) is 18.3 Å². The van der Waals surface area contributed by atoms with Crippen LogP contribution in [0.5, 0.6) is 0 Å². The van der Waals surface area contributed by atoms with Crippen LogP contribution in [-0.4, -0.2) is 13.1 Å². The molecular weight excluding hydrogens is 208 g/mol. The van der Waals surface area contributed by atoms with Crippen LogP contribution in [0, 0.1) is 23.5 Å². The zero-order chi connectivity index (χ0) is 11.5. The Bertz CT molecular complexity index is 345. The zero-order valence-corrected chi connectivity index (χ0v) is 9.47. The summed E-state index contributed by atoms with van der Waals surface area (Å²) in [6, 6.07) is 4.09. The summed E-state index contributed by atoms with van der Waals surface area (Å²) in [6.45, 7) is 4.03. The van der Waals surface area contributed by atoms with Gasteiger partial charge in [-0.1, -0.05) is 13.0 Å². The Balaban J connectivity index is 2.13. The van der Waals surface area contributed by atoms with Crippen LogP contribution in [0.3, 0.4) is 0 Å². The normalized spacial score (nSPS) is 25.7. The number of hydrogen-bond acceptors (Lipinski definition) is 1. The molecule has 0 bridgehead atoms. The van der Waals surface area contributed by atoms with E-state index in [9.17, 15) is 8.78 Å². The summed E-state index contributed by atoms with van der Waals surface area (Å²) in [5, 5.41) is 3.29. The molecule has 2 rings (SSSR count). The van der Waals surface area contributed by atoms with Gasteiger partial charge in [-0.15, -0.1) is 0 Å². The fourth-order valence-corrected chi connectivity index (χ4v) is 2.36. The number of benzene rings is 1. The Morgan fingerprint density at radius 3 is 2.62 bits per heavy atom. The van der Waals surface area contributed by atoms with E-state index in [0.717, 1.165) is 19.5 Å². The summed E-state index contributed by atoms with van der Waals surface area (Å²) in [6.07, 6.45) is 1.51. The van der Waals surface area contributed by atoms with E-state index in [1.807, 2.05) is 0 Å². The van der Waals surface area contributed by atoms with Crippen molar-refractivity contribution >= 4 is 0 Å². The van der Waals surface area contributed by atoms with Gasteiger partial charge in [0.2, 0.25) is 0 Å². The Hall–Kier alpha value is -0.960. The molecule has 1 aliphatic heterocycles. The monoisotopic (exact) mass is 225 g/mol. The average Bonchev–Trinajstić information content (AvgIpc) is 2.26. The predicted octanol–water partition coefficient (Wildman–Crippen LogP) is 2.75. The first-order valence-corrected chi connectivity index (χ1v) is 5.82. The summed E-state index contributed by atoms with van der Waals surface area (Å²) in [4.78, 5) is 0. The molecule has 0 spiro atoms. The SMILES string of the molecule is CC1CNCCC1Cc1c(F)cccc1F. The van der Waals surface area contributed by atoms with Crippen LogP contribution in [0.4, 0.5) is 8.78 Å². The average molecular weight is 225 g/mol. The van der Waals surface area contributed by atoms with Crippen LogP contribution in [-0.2, 0) is 6.42 Å². The van der Waals surface area contributed by atoms with E-state index in [1.54, 1.807) is 0 Å². The van der Waals surface area contributed by atoms with Crippen LogP contribution in [0.25, 0.3) is 0 Å². The number of hydrogen-bond donors (Lipinski definition) is 1. The first kappa shape index (κ1) is 11.5. The zero-order valence-electron chi connectivity index (χ0n) is 9.47. The predicted molar refractivity (Wildman–Crippen MR) is 60.2 cm³/mol. The molecule has 3 heteroatoms. The molecule has 0 aromatic heterocycles. The van der Waals surface area contributed by atoms with Crippen LogP contribution >= 0.6 is 0 Å². The third-order valence-electron chi connectivity index (χ3n) is 3.49. The van der Waals surface area contributed by atoms with Crippen LogP contribution in [0.1, 0.15) is 18.9 Å². The molecule has 1 aromatic rings. The summed E-state index contributed by atoms with van der Waals surface area (Å²) < 4.78 is 27.0. The van der Waals surface area contributed by atoms with Crippen LogP contribution in [0.15, 0.2) is 18.2 Å². The second-order valence-corrected chi connectivity index (χ2v) is 4.63. The van der Waals surface area contributed by atoms with Crippen molar-refractivity contribution in [1.82, 2.24) is 5.32 Å². The smallest absolute Gasteiger partial charge is 0.129 e. The lowest BCUT2D eigenvalue weighted by molar-refractivity contribution is 0.267. The van der Waals surface area contributed by atoms with E-state index in [1.165, 1.54) is 18.2 Å². The van der Waals surface area contributed by atoms with Gasteiger partial charge in [-0.05, 0) is 49.9 Å². The summed E-state index contributed by atoms with van der Waals surface area (Å²) in [5.74, 6) is 0.0388. The number of piperidine rings is 1. The minimum atomic E-state index is -0.411. The van der Waals surface area contributed by atoms with Gasteiger partial charge >= 0.3 is 0 Å². The van der Waals surface area contributed by atoms with E-state index in [2.05, 4.69) is 12.2 Å². The topological polar surface area (TPSA) is 12.0 Å². The first-order chi connectivity index (χ1) is 7.68. The maximum atomic E-state index is 13.5. The molecular formula is C13H17F2N. The summed E-state index contributed by atoms with van der Waals surface area (Å²) >= 11 is 0. The minimum Gasteiger partial charge on any atom is -0.316 e. The third-order valence-corrected chi connectivity index (χ3v) is 3.49. The highest BCUT2D eigenvalue weighted by Gasteiger charge is 2.23. The molecule has 1 N–H and O–H groups in total. The Labute approximate surface area is 94.9 Å². The highest BCUT2D eigenvalue weighted by molar-refractivity contribution is 5.20. The molecule has 16 heavy (non-hydrogen) atoms. The van der Waals surface area contributed by atoms with E-state index < -0.39 is 11.6 Å². The molecule has 88 valence electrons. The van der Waals surface area contributed by atoms with E-state index in [4.69, 9.17) is 0 Å². The first-order valence-electron chi connectivity index (χ1n) is 5.82. The minimum absolute atomic E-state index is 0.251. The van der Waals surface area contributed by atoms with E-state index in [-0.39, 0.29) is 5.56 Å². The second-order valence-electron chi connectivity index (χ2n) is 4.63. The van der Waals surface area contributed by atoms with Crippen LogP contribution in [0.2, 0.25) is 0 Å². The van der Waals surface area contributed by atoms with Gasteiger partial charge in [-0.2, -0.15) is 0 Å². The third kappa shape index (κ3) is 2.40. The maximum Gasteiger partial charge on any atom is 0.129 e. The second kappa shape index (κ2) is 4.91. The van der Waals surface area contributed by atoms with Crippen molar-refractivity contribution in [2.24, 2.45) is 11.8 Å². The highest BCUT2D eigenvalue weighted by Crippen LogP contribution is 2.25. The maximum absolute atomic E-state index is 13.5. The molecule has 1 heterocycles. The number of nitrogens with one attached hydrogen (secondary N) is 1. The van der Waals surface area contributed by atoms with Crippen LogP contribution < -0.4 is 5.32 Å². The van der Waals surface area contributed by atoms with Gasteiger partial charge in [0.05, 0.1) is 0 Å². The largest absolute Gasteiger partial charge is 0.316 e. The number of halogens is 2. The molecule has 0 amide bonds. The summed E-state index contributed by atoms with van der Waals surface area (Å²) in [5.41, 5.74) is 0.251. The van der Waals surface area contributed by atoms with Crippen molar-refractivity contribution in [2.45, 2.75) is 19.8 Å². The van der Waals surface area contributed by atoms with Crippen molar-refractivity contribution in [1.29, 1.82) is 0 Å². The Kier molecular flexibility index (Phi) is 3.54. The lowest BCUT2D eigenvalue weighted by atomic mass is 9.83. The van der Waals surface area contributed by atoms with Gasteiger partial charge in [0, 0.05) is 5.56 Å². The Morgan fingerprint density at radius 1 is 1.31 bits per heavy atom. The molecule has 2 atom stereocenters. The molecule has 1 aliphatic rings. The summed E-state index contributed by atoms with van der Waals surface area (Å²) in [7, 11) is 0. The number of rotatable bonds is 2. The fraction of sp³-hybridized carbons (Fsp3) is 0.538. The molecule has 1 nitrogen and oxygen atoms in total. The molecule has 0 aliphatic carbocycles. The molecule has 0 radical (unpaired) electrons. The fourth-order valence-electron chi connectivity index (χ4n) is 2.36. The van der Waals surface area contributed by atoms with Gasteiger partial charge < -0.3 is 5.32 Å². The lowest BCUT2D eigenvalue weighted by Crippen LogP contribution is -2.36. The van der Waals surface area contributed by atoms with Crippen molar-refractivity contribution in [3.8, 4) is 0 Å². The standard InChI is InChI=1S/C13H17F2N/c1-9-8-16-6-5-10(9)7-11-12(14)3-2-4-13(11)15/h2-4,9-10,16H,5-8H2,1H3. The van der Waals surface area contributed by atoms with Crippen molar-refractivity contribution in [2.75, 3.05) is 13.1 Å². The van der Waals surface area contributed by atoms with E-state index >= 15 is 0 Å². The van der Waals surface area contributed by atoms with Gasteiger partial charge in [0.15, 0.2) is 0 Å². The quantitative estimate of drug-likeness (QED) is 0.816. The van der Waals surface area contributed by atoms with Gasteiger partial charge in [0.25, 0.3) is 0 Å². The van der Waals surface area contributed by atoms with Gasteiger partial charge in [0.1, 0.15) is 11.6 Å². The van der Waals surface area contributed by atoms with Crippen molar-refractivity contribution in [3.63, 3.8) is 0 Å². The van der Waals surface area contributed by atoms with Crippen molar-refractivity contribution < 1.29 is 8.78 Å². The molecule has 1 saturated heterocycles. The lowest BCUT2D eigenvalue weighted by Gasteiger charge is -2.29. The molecule has 2 unspecified atom stereocenters. The molecule has 1 aromatic carbocycles.